The van der Waals surface area contributed by atoms with Crippen LogP contribution in [0.5, 0.6) is 0 Å². The third kappa shape index (κ3) is 3.46. The van der Waals surface area contributed by atoms with Gasteiger partial charge in [-0.1, -0.05) is 0 Å². The van der Waals surface area contributed by atoms with Crippen LogP contribution in [0.25, 0.3) is 34.4 Å². The van der Waals surface area contributed by atoms with Crippen LogP contribution in [0.1, 0.15) is 67.4 Å². The summed E-state index contributed by atoms with van der Waals surface area (Å²) in [5.74, 6) is 0. The molecule has 0 saturated carbocycles. The molecule has 3 aliphatic rings. The van der Waals surface area contributed by atoms with Crippen LogP contribution in [0, 0.1) is 19.3 Å². The summed E-state index contributed by atoms with van der Waals surface area (Å²) in [6, 6.07) is 32.2. The van der Waals surface area contributed by atoms with Gasteiger partial charge in [-0.05, 0) is 0 Å². The molecule has 2 aliphatic carbocycles. The van der Waals surface area contributed by atoms with Gasteiger partial charge in [0.25, 0.3) is 0 Å². The Labute approximate surface area is 245 Å². The number of allylic oxidation sites excluding steroid dienone is 2. The molecule has 0 nitrogen and oxygen atoms in total. The van der Waals surface area contributed by atoms with Gasteiger partial charge in [0.15, 0.2) is 0 Å². The molecule has 1 saturated heterocycles. The Morgan fingerprint density at radius 3 is 1.35 bits per heavy atom. The second kappa shape index (κ2) is 9.38. The molecule has 40 heavy (non-hydrogen) atoms. The Hall–Kier alpha value is -2.77. The van der Waals surface area contributed by atoms with E-state index >= 15 is 0 Å². The summed E-state index contributed by atoms with van der Waals surface area (Å²) in [7, 11) is 0. The third-order valence-electron chi connectivity index (χ3n) is 10.8. The molecule has 1 aliphatic heterocycles. The molecule has 4 aromatic rings. The standard InChI is InChI=1S/C37H34.2CH3.Hf/c1-5-37(6-2,29-21-27-15-11-19-33(35(27)23-29)31-17-9-7-13-25(31)3)30-22-28-16-12-20-34(36(28)24-30)32-18-10-8-14-26(32)4;;;/h7-24H,5-6H2,1-4H3;2*1H3;. The molecule has 4 aromatic carbocycles. The molecule has 2 atom stereocenters. The van der Waals surface area contributed by atoms with Crippen molar-refractivity contribution in [2.24, 2.45) is 5.41 Å². The van der Waals surface area contributed by atoms with E-state index in [1.54, 1.807) is 22.3 Å². The van der Waals surface area contributed by atoms with E-state index in [9.17, 15) is 0 Å². The van der Waals surface area contributed by atoms with Gasteiger partial charge in [0, 0.05) is 0 Å². The quantitative estimate of drug-likeness (QED) is 0.187. The van der Waals surface area contributed by atoms with Gasteiger partial charge in [-0.2, -0.15) is 0 Å². The minimum atomic E-state index is -3.05. The van der Waals surface area contributed by atoms with Crippen molar-refractivity contribution >= 4 is 12.2 Å². The first-order chi connectivity index (χ1) is 19.3. The van der Waals surface area contributed by atoms with E-state index in [1.807, 2.05) is 0 Å². The van der Waals surface area contributed by atoms with E-state index in [1.165, 1.54) is 57.3 Å². The van der Waals surface area contributed by atoms with Gasteiger partial charge in [0.1, 0.15) is 0 Å². The third-order valence-corrected chi connectivity index (χ3v) is 26.0. The van der Waals surface area contributed by atoms with Crippen molar-refractivity contribution in [3.63, 3.8) is 0 Å². The molecule has 1 heterocycles. The first kappa shape index (κ1) is 26.1. The van der Waals surface area contributed by atoms with Gasteiger partial charge in [0.2, 0.25) is 0 Å². The first-order valence-corrected chi connectivity index (χ1v) is 26.5. The Kier molecular flexibility index (Phi) is 6.13. The Balaban J connectivity index is 1.49. The zero-order valence-corrected chi connectivity index (χ0v) is 28.4. The number of fused-ring (bicyclic) bond motifs is 6. The van der Waals surface area contributed by atoms with Gasteiger partial charge in [-0.25, -0.2) is 0 Å². The molecule has 0 N–H and O–H groups in total. The van der Waals surface area contributed by atoms with Gasteiger partial charge >= 0.3 is 246 Å². The van der Waals surface area contributed by atoms with Crippen molar-refractivity contribution in [1.82, 2.24) is 0 Å². The van der Waals surface area contributed by atoms with Crippen LogP contribution in [0.15, 0.2) is 96.1 Å². The van der Waals surface area contributed by atoms with E-state index in [-0.39, 0.29) is 5.41 Å². The van der Waals surface area contributed by atoms with E-state index < -0.39 is 20.0 Å². The van der Waals surface area contributed by atoms with Crippen molar-refractivity contribution in [3.05, 3.63) is 129 Å². The maximum atomic E-state index is 2.77. The second-order valence-electron chi connectivity index (χ2n) is 12.9. The zero-order chi connectivity index (χ0) is 27.8. The molecule has 0 aromatic heterocycles. The van der Waals surface area contributed by atoms with Crippen molar-refractivity contribution in [2.75, 3.05) is 0 Å². The van der Waals surface area contributed by atoms with Crippen LogP contribution in [0.3, 0.4) is 0 Å². The predicted octanol–water partition coefficient (Wildman–Crippen LogP) is 11.3. The number of hydrogen-bond donors (Lipinski definition) is 0. The second-order valence-corrected chi connectivity index (χ2v) is 30.2. The first-order valence-electron chi connectivity index (χ1n) is 15.2. The summed E-state index contributed by atoms with van der Waals surface area (Å²) >= 11 is -3.05. The van der Waals surface area contributed by atoms with Crippen molar-refractivity contribution < 1.29 is 20.0 Å². The average Bonchev–Trinajstić information content (AvgIpc) is 3.56. The summed E-state index contributed by atoms with van der Waals surface area (Å²) < 4.78 is 6.79. The fourth-order valence-corrected chi connectivity index (χ4v) is 26.0. The Morgan fingerprint density at radius 1 is 0.550 bits per heavy atom. The summed E-state index contributed by atoms with van der Waals surface area (Å²) in [4.78, 5) is 0. The van der Waals surface area contributed by atoms with Crippen molar-refractivity contribution in [1.29, 1.82) is 0 Å². The molecule has 7 rings (SSSR count). The molecular formula is C39H40Hf. The van der Waals surface area contributed by atoms with Crippen LogP contribution in [0.4, 0.5) is 0 Å². The van der Waals surface area contributed by atoms with E-state index in [0.717, 1.165) is 0 Å². The summed E-state index contributed by atoms with van der Waals surface area (Å²) in [6.45, 7) is 9.42. The topological polar surface area (TPSA) is 0 Å². The van der Waals surface area contributed by atoms with Gasteiger partial charge in [-0.15, -0.1) is 0 Å². The molecule has 0 amide bonds. The molecule has 1 fully saturated rings. The predicted molar refractivity (Wildman–Crippen MR) is 169 cm³/mol. The van der Waals surface area contributed by atoms with E-state index in [2.05, 4.69) is 134 Å². The fraction of sp³-hybridized carbons (Fsp3) is 0.282. The van der Waals surface area contributed by atoms with Crippen LogP contribution >= 0.6 is 0 Å². The fourth-order valence-electron chi connectivity index (χ4n) is 8.86. The van der Waals surface area contributed by atoms with Crippen LogP contribution in [0.2, 0.25) is 9.36 Å². The van der Waals surface area contributed by atoms with Gasteiger partial charge in [0.05, 0.1) is 0 Å². The molecule has 0 bridgehead atoms. The number of rotatable bonds is 4. The van der Waals surface area contributed by atoms with E-state index in [0.29, 0.717) is 7.35 Å². The minimum absolute atomic E-state index is 0.120. The molecular weight excluding hydrogens is 647 g/mol. The number of aryl methyl sites for hydroxylation is 2. The van der Waals surface area contributed by atoms with E-state index in [4.69, 9.17) is 0 Å². The van der Waals surface area contributed by atoms with Crippen molar-refractivity contribution in [3.8, 4) is 22.3 Å². The maximum absolute atomic E-state index is 3.05. The molecule has 2 unspecified atom stereocenters. The van der Waals surface area contributed by atoms with Crippen LogP contribution in [-0.2, 0) is 20.0 Å². The van der Waals surface area contributed by atoms with Gasteiger partial charge < -0.3 is 0 Å². The van der Waals surface area contributed by atoms with Crippen molar-refractivity contribution in [2.45, 2.75) is 57.2 Å². The zero-order valence-electron chi connectivity index (χ0n) is 24.8. The number of hydrogen-bond acceptors (Lipinski definition) is 0. The number of benzene rings is 4. The summed E-state index contributed by atoms with van der Waals surface area (Å²) in [5, 5.41) is 0. The normalized spacial score (nSPS) is 21.1. The van der Waals surface area contributed by atoms with Crippen LogP contribution < -0.4 is 0 Å². The Bertz CT molecular complexity index is 1600. The Morgan fingerprint density at radius 2 is 0.950 bits per heavy atom. The molecule has 1 heteroatoms. The van der Waals surface area contributed by atoms with Gasteiger partial charge in [-0.3, -0.25) is 0 Å². The summed E-state index contributed by atoms with van der Waals surface area (Å²) in [6.07, 6.45) is 7.69. The molecule has 0 spiro atoms. The average molecular weight is 687 g/mol. The monoisotopic (exact) mass is 688 g/mol. The SMILES string of the molecule is CCC1(CC)C2=Cc3c(-c4ccccc4C)cccc3[CH]2[Hf]([CH3])([CH3])[CH]2C1=Cc1c(-c3ccccc3C)cccc12. The summed E-state index contributed by atoms with van der Waals surface area (Å²) in [5.41, 5.74) is 18.2. The molecule has 200 valence electrons. The van der Waals surface area contributed by atoms with Crippen LogP contribution in [-0.4, -0.2) is 0 Å². The molecule has 0 radical (unpaired) electrons.